The minimum absolute atomic E-state index is 0.223. The Kier molecular flexibility index (Phi) is 5.83. The van der Waals surface area contributed by atoms with Crippen LogP contribution in [0.25, 0.3) is 11.3 Å². The molecule has 0 aliphatic carbocycles. The van der Waals surface area contributed by atoms with Crippen LogP contribution in [0.15, 0.2) is 71.4 Å². The maximum Gasteiger partial charge on any atom is 0.223 e. The Balaban J connectivity index is 1.23. The summed E-state index contributed by atoms with van der Waals surface area (Å²) in [5.41, 5.74) is 2.37. The standard InChI is InChI=1S/C23H25N3O2/c27-23(9-7-21-6-8-22(28-21)20-4-2-1-3-5-20)26-16-14-25(15-17-26)18-19-10-12-24-13-11-19/h1-6,8,10-13H,7,9,14-18H2/p+1. The van der Waals surface area contributed by atoms with Gasteiger partial charge in [0.15, 0.2) is 0 Å². The highest BCUT2D eigenvalue weighted by atomic mass is 16.3. The number of hydrogen-bond acceptors (Lipinski definition) is 3. The summed E-state index contributed by atoms with van der Waals surface area (Å²) in [5.74, 6) is 1.95. The molecule has 1 aliphatic rings. The molecule has 5 heteroatoms. The number of carbonyl (C=O) groups is 1. The molecule has 0 bridgehead atoms. The van der Waals surface area contributed by atoms with Gasteiger partial charge in [0.05, 0.1) is 26.2 Å². The van der Waals surface area contributed by atoms with Gasteiger partial charge in [0, 0.05) is 36.4 Å². The third kappa shape index (κ3) is 4.67. The fourth-order valence-corrected chi connectivity index (χ4v) is 3.70. The van der Waals surface area contributed by atoms with Crippen molar-refractivity contribution in [3.63, 3.8) is 0 Å². The third-order valence-electron chi connectivity index (χ3n) is 5.33. The van der Waals surface area contributed by atoms with Gasteiger partial charge in [-0.3, -0.25) is 9.78 Å². The second kappa shape index (κ2) is 8.85. The highest BCUT2D eigenvalue weighted by Gasteiger charge is 2.23. The quantitative estimate of drug-likeness (QED) is 0.718. The van der Waals surface area contributed by atoms with Gasteiger partial charge in [-0.05, 0) is 24.3 Å². The number of aromatic nitrogens is 1. The molecule has 1 N–H and O–H groups in total. The van der Waals surface area contributed by atoms with E-state index in [4.69, 9.17) is 4.42 Å². The highest BCUT2D eigenvalue weighted by molar-refractivity contribution is 5.76. The Labute approximate surface area is 165 Å². The van der Waals surface area contributed by atoms with Crippen molar-refractivity contribution in [3.05, 3.63) is 78.3 Å². The second-order valence-electron chi connectivity index (χ2n) is 7.30. The van der Waals surface area contributed by atoms with E-state index >= 15 is 0 Å². The number of pyridine rings is 1. The smallest absolute Gasteiger partial charge is 0.223 e. The molecule has 1 aliphatic heterocycles. The van der Waals surface area contributed by atoms with Gasteiger partial charge >= 0.3 is 0 Å². The summed E-state index contributed by atoms with van der Waals surface area (Å²) in [6, 6.07) is 18.1. The van der Waals surface area contributed by atoms with Crippen molar-refractivity contribution in [1.29, 1.82) is 0 Å². The fraction of sp³-hybridized carbons (Fsp3) is 0.304. The summed E-state index contributed by atoms with van der Waals surface area (Å²) in [7, 11) is 0. The number of benzene rings is 1. The van der Waals surface area contributed by atoms with E-state index < -0.39 is 0 Å². The van der Waals surface area contributed by atoms with Crippen molar-refractivity contribution >= 4 is 5.91 Å². The zero-order valence-electron chi connectivity index (χ0n) is 16.0. The van der Waals surface area contributed by atoms with Gasteiger partial charge < -0.3 is 14.2 Å². The molecule has 0 spiro atoms. The Morgan fingerprint density at radius 2 is 1.75 bits per heavy atom. The molecule has 1 fully saturated rings. The first-order valence-corrected chi connectivity index (χ1v) is 9.92. The molecule has 4 rings (SSSR count). The van der Waals surface area contributed by atoms with Crippen molar-refractivity contribution in [3.8, 4) is 11.3 Å². The average molecular weight is 376 g/mol. The molecule has 0 unspecified atom stereocenters. The van der Waals surface area contributed by atoms with Gasteiger partial charge in [-0.25, -0.2) is 0 Å². The summed E-state index contributed by atoms with van der Waals surface area (Å²) in [6.45, 7) is 4.64. The molecule has 5 nitrogen and oxygen atoms in total. The van der Waals surface area contributed by atoms with Crippen LogP contribution in [0, 0.1) is 0 Å². The zero-order chi connectivity index (χ0) is 19.2. The number of rotatable bonds is 6. The topological polar surface area (TPSA) is 50.8 Å². The first-order valence-electron chi connectivity index (χ1n) is 9.92. The molecule has 3 heterocycles. The zero-order valence-corrected chi connectivity index (χ0v) is 16.0. The largest absolute Gasteiger partial charge is 0.461 e. The van der Waals surface area contributed by atoms with Crippen LogP contribution in [0.5, 0.6) is 0 Å². The summed E-state index contributed by atoms with van der Waals surface area (Å²) in [6.07, 6.45) is 4.83. The van der Waals surface area contributed by atoms with Crippen LogP contribution < -0.4 is 4.90 Å². The van der Waals surface area contributed by atoms with E-state index in [1.807, 2.05) is 59.8 Å². The van der Waals surface area contributed by atoms with Gasteiger partial charge in [-0.15, -0.1) is 0 Å². The van der Waals surface area contributed by atoms with Crippen molar-refractivity contribution in [2.24, 2.45) is 0 Å². The molecular weight excluding hydrogens is 350 g/mol. The van der Waals surface area contributed by atoms with Gasteiger partial charge in [-0.2, -0.15) is 0 Å². The lowest BCUT2D eigenvalue weighted by atomic mass is 10.2. The Morgan fingerprint density at radius 3 is 2.50 bits per heavy atom. The number of carbonyl (C=O) groups excluding carboxylic acids is 1. The third-order valence-corrected chi connectivity index (χ3v) is 5.33. The van der Waals surface area contributed by atoms with E-state index in [9.17, 15) is 4.79 Å². The summed E-state index contributed by atoms with van der Waals surface area (Å²) < 4.78 is 5.91. The number of nitrogens with one attached hydrogen (secondary N) is 1. The van der Waals surface area contributed by atoms with E-state index in [-0.39, 0.29) is 5.91 Å². The van der Waals surface area contributed by atoms with E-state index in [2.05, 4.69) is 17.1 Å². The Hall–Kier alpha value is -2.92. The van der Waals surface area contributed by atoms with Crippen LogP contribution in [0.3, 0.4) is 0 Å². The van der Waals surface area contributed by atoms with Crippen LogP contribution >= 0.6 is 0 Å². The molecule has 1 saturated heterocycles. The van der Waals surface area contributed by atoms with Crippen molar-refractivity contribution in [1.82, 2.24) is 9.88 Å². The van der Waals surface area contributed by atoms with Gasteiger partial charge in [0.1, 0.15) is 18.1 Å². The lowest BCUT2D eigenvalue weighted by Crippen LogP contribution is -3.13. The summed E-state index contributed by atoms with van der Waals surface area (Å²) >= 11 is 0. The molecule has 0 saturated carbocycles. The summed E-state index contributed by atoms with van der Waals surface area (Å²) in [5, 5.41) is 0. The maximum atomic E-state index is 12.6. The first-order chi connectivity index (χ1) is 13.8. The number of amides is 1. The predicted octanol–water partition coefficient (Wildman–Crippen LogP) is 2.20. The molecule has 1 aromatic carbocycles. The highest BCUT2D eigenvalue weighted by Crippen LogP contribution is 2.22. The van der Waals surface area contributed by atoms with Crippen molar-refractivity contribution < 1.29 is 14.1 Å². The lowest BCUT2D eigenvalue weighted by molar-refractivity contribution is -0.917. The molecule has 3 aromatic rings. The minimum atomic E-state index is 0.223. The maximum absolute atomic E-state index is 12.6. The molecule has 0 atom stereocenters. The van der Waals surface area contributed by atoms with Gasteiger partial charge in [0.25, 0.3) is 0 Å². The summed E-state index contributed by atoms with van der Waals surface area (Å²) in [4.78, 5) is 20.2. The van der Waals surface area contributed by atoms with Crippen LogP contribution in [-0.4, -0.2) is 42.0 Å². The lowest BCUT2D eigenvalue weighted by Gasteiger charge is -2.32. The van der Waals surface area contributed by atoms with Gasteiger partial charge in [-0.1, -0.05) is 30.3 Å². The molecule has 1 amide bonds. The van der Waals surface area contributed by atoms with Crippen molar-refractivity contribution in [2.75, 3.05) is 26.2 Å². The van der Waals surface area contributed by atoms with E-state index in [1.54, 1.807) is 0 Å². The number of nitrogens with zero attached hydrogens (tertiary/aromatic N) is 2. The average Bonchev–Trinajstić information content (AvgIpc) is 3.23. The first kappa shape index (κ1) is 18.4. The molecule has 28 heavy (non-hydrogen) atoms. The number of furan rings is 1. The molecule has 0 radical (unpaired) electrons. The van der Waals surface area contributed by atoms with Gasteiger partial charge in [0.2, 0.25) is 5.91 Å². The SMILES string of the molecule is O=C(CCc1ccc(-c2ccccc2)o1)N1CC[NH+](Cc2ccncc2)CC1. The number of piperazine rings is 1. The fourth-order valence-electron chi connectivity index (χ4n) is 3.70. The van der Waals surface area contributed by atoms with Crippen LogP contribution in [0.2, 0.25) is 0 Å². The minimum Gasteiger partial charge on any atom is -0.461 e. The van der Waals surface area contributed by atoms with Crippen LogP contribution in [0.1, 0.15) is 17.7 Å². The normalized spacial score (nSPS) is 14.9. The number of aryl methyl sites for hydroxylation is 1. The Morgan fingerprint density at radius 1 is 1.00 bits per heavy atom. The second-order valence-corrected chi connectivity index (χ2v) is 7.30. The molecule has 144 valence electrons. The van der Waals surface area contributed by atoms with Crippen LogP contribution in [0.4, 0.5) is 0 Å². The van der Waals surface area contributed by atoms with Crippen LogP contribution in [-0.2, 0) is 17.8 Å². The molecule has 2 aromatic heterocycles. The van der Waals surface area contributed by atoms with Crippen molar-refractivity contribution in [2.45, 2.75) is 19.4 Å². The number of hydrogen-bond donors (Lipinski definition) is 1. The van der Waals surface area contributed by atoms with E-state index in [0.29, 0.717) is 12.8 Å². The Bertz CT molecular complexity index is 884. The van der Waals surface area contributed by atoms with E-state index in [0.717, 1.165) is 49.8 Å². The predicted molar refractivity (Wildman–Crippen MR) is 108 cm³/mol. The molecular formula is C23H26N3O2+. The monoisotopic (exact) mass is 376 g/mol. The van der Waals surface area contributed by atoms with E-state index in [1.165, 1.54) is 10.5 Å². The number of quaternary nitrogens is 1.